The summed E-state index contributed by atoms with van der Waals surface area (Å²) in [6.45, 7) is 2.03. The molecule has 0 heterocycles. The molecule has 0 saturated carbocycles. The molecular formula is C4H6Cl2Ru. The molecule has 0 N–H and O–H groups in total. The number of hydrogen-bond donors (Lipinski definition) is 0. The van der Waals surface area contributed by atoms with Crippen LogP contribution in [0.4, 0.5) is 0 Å². The molecule has 0 aromatic carbocycles. The molecule has 0 nitrogen and oxygen atoms in total. The van der Waals surface area contributed by atoms with Crippen molar-refractivity contribution in [2.24, 2.45) is 0 Å². The second kappa shape index (κ2) is 5.00. The SMILES string of the molecule is CCC=[C]=[Ru]([Cl])[Cl]. The Hall–Kier alpha value is 0.853. The van der Waals surface area contributed by atoms with E-state index in [1.165, 1.54) is 0 Å². The van der Waals surface area contributed by atoms with Gasteiger partial charge in [-0.15, -0.1) is 0 Å². The van der Waals surface area contributed by atoms with E-state index in [9.17, 15) is 0 Å². The van der Waals surface area contributed by atoms with Crippen LogP contribution in [0.2, 0.25) is 0 Å². The molecule has 0 aliphatic rings. The molecule has 0 aliphatic heterocycles. The van der Waals surface area contributed by atoms with Gasteiger partial charge in [0.05, 0.1) is 0 Å². The minimum absolute atomic E-state index is 0.976. The second-order valence-corrected chi connectivity index (χ2v) is 6.28. The minimum atomic E-state index is -1.58. The topological polar surface area (TPSA) is 0 Å². The summed E-state index contributed by atoms with van der Waals surface area (Å²) in [5.41, 5.74) is 0. The number of halogens is 2. The third kappa shape index (κ3) is 6.85. The van der Waals surface area contributed by atoms with Gasteiger partial charge in [0.25, 0.3) is 0 Å². The molecule has 7 heavy (non-hydrogen) atoms. The van der Waals surface area contributed by atoms with Gasteiger partial charge in [0.1, 0.15) is 0 Å². The van der Waals surface area contributed by atoms with Crippen molar-refractivity contribution in [3.8, 4) is 0 Å². The molecule has 0 aromatic heterocycles. The Morgan fingerprint density at radius 3 is 2.43 bits per heavy atom. The molecule has 0 saturated heterocycles. The predicted molar refractivity (Wildman–Crippen MR) is 31.6 cm³/mol. The van der Waals surface area contributed by atoms with Crippen molar-refractivity contribution in [1.82, 2.24) is 0 Å². The Balaban J connectivity index is 3.62. The van der Waals surface area contributed by atoms with Crippen molar-refractivity contribution < 1.29 is 13.5 Å². The fraction of sp³-hybridized carbons (Fsp3) is 0.500. The summed E-state index contributed by atoms with van der Waals surface area (Å²) in [7, 11) is 10.8. The van der Waals surface area contributed by atoms with Gasteiger partial charge in [-0.2, -0.15) is 0 Å². The third-order valence-corrected chi connectivity index (χ3v) is 2.00. The van der Waals surface area contributed by atoms with Crippen LogP contribution in [-0.4, -0.2) is 4.26 Å². The van der Waals surface area contributed by atoms with Gasteiger partial charge >= 0.3 is 56.6 Å². The summed E-state index contributed by atoms with van der Waals surface area (Å²) >= 11 is -1.58. The Kier molecular flexibility index (Phi) is 5.61. The zero-order valence-electron chi connectivity index (χ0n) is 3.89. The molecule has 0 amide bonds. The number of rotatable bonds is 1. The van der Waals surface area contributed by atoms with Crippen LogP contribution >= 0.6 is 19.4 Å². The number of allylic oxidation sites excluding steroid dienone is 1. The van der Waals surface area contributed by atoms with E-state index in [1.54, 1.807) is 0 Å². The fourth-order valence-corrected chi connectivity index (χ4v) is 1.40. The van der Waals surface area contributed by atoms with Gasteiger partial charge in [-0.05, 0) is 0 Å². The monoisotopic (exact) mass is 226 g/mol. The van der Waals surface area contributed by atoms with Crippen LogP contribution in [0.3, 0.4) is 0 Å². The van der Waals surface area contributed by atoms with E-state index in [-0.39, 0.29) is 0 Å². The van der Waals surface area contributed by atoms with Crippen molar-refractivity contribution in [3.05, 3.63) is 6.08 Å². The number of hydrogen-bond acceptors (Lipinski definition) is 0. The first-order valence-corrected chi connectivity index (χ1v) is 7.19. The average Bonchev–Trinajstić information content (AvgIpc) is 1.61. The van der Waals surface area contributed by atoms with Crippen LogP contribution in [0.1, 0.15) is 13.3 Å². The van der Waals surface area contributed by atoms with Crippen LogP contribution in [0.15, 0.2) is 6.08 Å². The summed E-state index contributed by atoms with van der Waals surface area (Å²) in [5.74, 6) is 0. The van der Waals surface area contributed by atoms with E-state index in [0.717, 1.165) is 6.42 Å². The summed E-state index contributed by atoms with van der Waals surface area (Å²) in [6, 6.07) is 0. The first-order valence-electron chi connectivity index (χ1n) is 1.85. The van der Waals surface area contributed by atoms with E-state index in [1.807, 2.05) is 13.0 Å². The zero-order valence-corrected chi connectivity index (χ0v) is 7.14. The van der Waals surface area contributed by atoms with Gasteiger partial charge in [0, 0.05) is 0 Å². The molecule has 0 rings (SSSR count). The molecule has 0 bridgehead atoms. The van der Waals surface area contributed by atoms with Crippen molar-refractivity contribution in [1.29, 1.82) is 0 Å². The Labute approximate surface area is 56.6 Å². The van der Waals surface area contributed by atoms with Crippen molar-refractivity contribution >= 4 is 23.6 Å². The Morgan fingerprint density at radius 1 is 1.71 bits per heavy atom. The molecule has 3 heteroatoms. The molecule has 0 atom stereocenters. The molecule has 0 unspecified atom stereocenters. The summed E-state index contributed by atoms with van der Waals surface area (Å²) in [4.78, 5) is 0. The zero-order chi connectivity index (χ0) is 5.70. The first-order chi connectivity index (χ1) is 3.27. The van der Waals surface area contributed by atoms with Gasteiger partial charge < -0.3 is 0 Å². The third-order valence-electron chi connectivity index (χ3n) is 0.353. The van der Waals surface area contributed by atoms with Gasteiger partial charge in [-0.3, -0.25) is 0 Å². The fourth-order valence-electron chi connectivity index (χ4n) is 0.127. The first kappa shape index (κ1) is 7.85. The van der Waals surface area contributed by atoms with Crippen LogP contribution < -0.4 is 0 Å². The summed E-state index contributed by atoms with van der Waals surface area (Å²) in [6.07, 6.45) is 2.85. The van der Waals surface area contributed by atoms with E-state index in [2.05, 4.69) is 4.26 Å². The predicted octanol–water partition coefficient (Wildman–Crippen LogP) is 2.28. The van der Waals surface area contributed by atoms with Crippen molar-refractivity contribution in [2.75, 3.05) is 0 Å². The molecule has 0 spiro atoms. The Bertz CT molecular complexity index is 98.3. The van der Waals surface area contributed by atoms with Gasteiger partial charge in [0.2, 0.25) is 0 Å². The average molecular weight is 226 g/mol. The van der Waals surface area contributed by atoms with Gasteiger partial charge in [-0.1, -0.05) is 0 Å². The molecule has 44 valence electrons. The van der Waals surface area contributed by atoms with E-state index in [0.29, 0.717) is 0 Å². The molecule has 0 fully saturated rings. The maximum atomic E-state index is 5.42. The van der Waals surface area contributed by atoms with E-state index in [4.69, 9.17) is 19.4 Å². The second-order valence-electron chi connectivity index (χ2n) is 0.899. The quantitative estimate of drug-likeness (QED) is 0.601. The van der Waals surface area contributed by atoms with Crippen LogP contribution in [0.25, 0.3) is 0 Å². The normalized spacial score (nSPS) is 9.86. The van der Waals surface area contributed by atoms with Crippen molar-refractivity contribution in [2.45, 2.75) is 13.3 Å². The van der Waals surface area contributed by atoms with Crippen LogP contribution in [0.5, 0.6) is 0 Å². The summed E-state index contributed by atoms with van der Waals surface area (Å²) < 4.78 is 2.84. The molecular weight excluding hydrogens is 220 g/mol. The molecule has 0 aliphatic carbocycles. The summed E-state index contributed by atoms with van der Waals surface area (Å²) in [5, 5.41) is 0. The van der Waals surface area contributed by atoms with Crippen LogP contribution in [0, 0.1) is 0 Å². The molecule has 0 radical (unpaired) electrons. The Morgan fingerprint density at radius 2 is 2.29 bits per heavy atom. The standard InChI is InChI=1S/C4H6.2ClH.Ru/c1-3-4-2;;;/h4H,3H2,1H3;2*1H;/q;;;+2/p-2. The maximum absolute atomic E-state index is 5.42. The molecule has 0 aromatic rings. The van der Waals surface area contributed by atoms with E-state index < -0.39 is 13.5 Å². The van der Waals surface area contributed by atoms with Gasteiger partial charge in [0.15, 0.2) is 0 Å². The van der Waals surface area contributed by atoms with Crippen molar-refractivity contribution in [3.63, 3.8) is 0 Å². The van der Waals surface area contributed by atoms with E-state index >= 15 is 0 Å². The van der Waals surface area contributed by atoms with Gasteiger partial charge in [-0.25, -0.2) is 0 Å². The van der Waals surface area contributed by atoms with Crippen LogP contribution in [-0.2, 0) is 13.5 Å².